The minimum Gasteiger partial charge on any atom is -0.313 e. The SMILES string of the molecule is CCNC(CSC(C)(C)C)Cc1ccc(Cl)cc1F. The summed E-state index contributed by atoms with van der Waals surface area (Å²) >= 11 is 7.67. The zero-order valence-electron chi connectivity index (χ0n) is 12.1. The van der Waals surface area contributed by atoms with Gasteiger partial charge in [0, 0.05) is 21.6 Å². The third-order valence-corrected chi connectivity index (χ3v) is 4.36. The van der Waals surface area contributed by atoms with Crippen LogP contribution in [0.2, 0.25) is 5.02 Å². The van der Waals surface area contributed by atoms with E-state index in [1.807, 2.05) is 11.8 Å². The van der Waals surface area contributed by atoms with Crippen molar-refractivity contribution in [1.29, 1.82) is 0 Å². The Kier molecular flexibility index (Phi) is 6.64. The monoisotopic (exact) mass is 303 g/mol. The van der Waals surface area contributed by atoms with Crippen molar-refractivity contribution in [3.05, 3.63) is 34.6 Å². The second-order valence-corrected chi connectivity index (χ2v) is 7.90. The van der Waals surface area contributed by atoms with Crippen molar-refractivity contribution in [1.82, 2.24) is 5.32 Å². The van der Waals surface area contributed by atoms with E-state index in [0.29, 0.717) is 11.4 Å². The second-order valence-electron chi connectivity index (χ2n) is 5.62. The van der Waals surface area contributed by atoms with Gasteiger partial charge in [0.1, 0.15) is 5.82 Å². The predicted molar refractivity (Wildman–Crippen MR) is 84.8 cm³/mol. The quantitative estimate of drug-likeness (QED) is 0.828. The van der Waals surface area contributed by atoms with Crippen LogP contribution in [0.1, 0.15) is 33.3 Å². The molecule has 0 aliphatic heterocycles. The lowest BCUT2D eigenvalue weighted by molar-refractivity contribution is 0.544. The van der Waals surface area contributed by atoms with Crippen molar-refractivity contribution in [2.75, 3.05) is 12.3 Å². The summed E-state index contributed by atoms with van der Waals surface area (Å²) in [4.78, 5) is 0. The van der Waals surface area contributed by atoms with E-state index in [1.165, 1.54) is 6.07 Å². The van der Waals surface area contributed by atoms with Gasteiger partial charge in [-0.05, 0) is 30.7 Å². The summed E-state index contributed by atoms with van der Waals surface area (Å²) in [5.41, 5.74) is 0.727. The molecule has 0 bridgehead atoms. The van der Waals surface area contributed by atoms with Crippen LogP contribution in [-0.2, 0) is 6.42 Å². The fraction of sp³-hybridized carbons (Fsp3) is 0.600. The van der Waals surface area contributed by atoms with Gasteiger partial charge in [0.25, 0.3) is 0 Å². The van der Waals surface area contributed by atoms with Crippen LogP contribution >= 0.6 is 23.4 Å². The first-order chi connectivity index (χ1) is 8.81. The van der Waals surface area contributed by atoms with Gasteiger partial charge in [-0.2, -0.15) is 11.8 Å². The normalized spacial score (nSPS) is 13.6. The lowest BCUT2D eigenvalue weighted by Gasteiger charge is -2.23. The first-order valence-corrected chi connectivity index (χ1v) is 7.99. The Balaban J connectivity index is 2.67. The van der Waals surface area contributed by atoms with Gasteiger partial charge in [0.05, 0.1) is 0 Å². The third kappa shape index (κ3) is 6.64. The average Bonchev–Trinajstić information content (AvgIpc) is 2.28. The molecule has 0 spiro atoms. The summed E-state index contributed by atoms with van der Waals surface area (Å²) in [7, 11) is 0. The molecule has 0 aromatic heterocycles. The Hall–Kier alpha value is -0.250. The van der Waals surface area contributed by atoms with E-state index in [0.717, 1.165) is 17.9 Å². The molecule has 0 aliphatic carbocycles. The number of benzene rings is 1. The molecule has 0 amide bonds. The molecule has 1 aromatic carbocycles. The highest BCUT2D eigenvalue weighted by Gasteiger charge is 2.17. The molecule has 0 fully saturated rings. The molecular weight excluding hydrogens is 281 g/mol. The van der Waals surface area contributed by atoms with E-state index in [1.54, 1.807) is 12.1 Å². The Bertz CT molecular complexity index is 404. The smallest absolute Gasteiger partial charge is 0.127 e. The highest BCUT2D eigenvalue weighted by molar-refractivity contribution is 8.00. The predicted octanol–water partition coefficient (Wildman–Crippen LogP) is 4.53. The zero-order chi connectivity index (χ0) is 14.5. The van der Waals surface area contributed by atoms with Gasteiger partial charge < -0.3 is 5.32 Å². The van der Waals surface area contributed by atoms with Crippen molar-refractivity contribution in [3.8, 4) is 0 Å². The van der Waals surface area contributed by atoms with E-state index < -0.39 is 0 Å². The van der Waals surface area contributed by atoms with Crippen LogP contribution in [0.5, 0.6) is 0 Å². The maximum atomic E-state index is 13.8. The highest BCUT2D eigenvalue weighted by Crippen LogP contribution is 2.25. The zero-order valence-corrected chi connectivity index (χ0v) is 13.7. The van der Waals surface area contributed by atoms with Crippen molar-refractivity contribution in [2.45, 2.75) is 44.9 Å². The van der Waals surface area contributed by atoms with Gasteiger partial charge in [-0.3, -0.25) is 0 Å². The topological polar surface area (TPSA) is 12.0 Å². The highest BCUT2D eigenvalue weighted by atomic mass is 35.5. The lowest BCUT2D eigenvalue weighted by Crippen LogP contribution is -2.34. The number of halogens is 2. The largest absolute Gasteiger partial charge is 0.313 e. The van der Waals surface area contributed by atoms with E-state index >= 15 is 0 Å². The van der Waals surface area contributed by atoms with Gasteiger partial charge in [0.15, 0.2) is 0 Å². The number of hydrogen-bond donors (Lipinski definition) is 1. The van der Waals surface area contributed by atoms with Gasteiger partial charge in [-0.1, -0.05) is 45.4 Å². The minimum absolute atomic E-state index is 0.212. The fourth-order valence-corrected chi connectivity index (χ4v) is 2.88. The first kappa shape index (κ1) is 16.8. The Labute approximate surface area is 125 Å². The molecule has 19 heavy (non-hydrogen) atoms. The summed E-state index contributed by atoms with van der Waals surface area (Å²) in [5, 5.41) is 3.87. The van der Waals surface area contributed by atoms with Gasteiger partial charge in [-0.15, -0.1) is 0 Å². The summed E-state index contributed by atoms with van der Waals surface area (Å²) in [5.74, 6) is 0.760. The standard InChI is InChI=1S/C15H23ClFNS/c1-5-18-13(10-19-15(2,3)4)8-11-6-7-12(16)9-14(11)17/h6-7,9,13,18H,5,8,10H2,1-4H3. The Morgan fingerprint density at radius 1 is 1.37 bits per heavy atom. The number of rotatable bonds is 6. The van der Waals surface area contributed by atoms with Crippen LogP contribution in [-0.4, -0.2) is 23.1 Å². The third-order valence-electron chi connectivity index (χ3n) is 2.69. The van der Waals surface area contributed by atoms with E-state index in [-0.39, 0.29) is 16.6 Å². The summed E-state index contributed by atoms with van der Waals surface area (Å²) in [6.45, 7) is 9.56. The maximum Gasteiger partial charge on any atom is 0.127 e. The van der Waals surface area contributed by atoms with E-state index in [9.17, 15) is 4.39 Å². The van der Waals surface area contributed by atoms with Crippen LogP contribution in [0.4, 0.5) is 4.39 Å². The van der Waals surface area contributed by atoms with Crippen LogP contribution in [0.25, 0.3) is 0 Å². The van der Waals surface area contributed by atoms with Crippen molar-refractivity contribution >= 4 is 23.4 Å². The molecule has 1 nitrogen and oxygen atoms in total. The van der Waals surface area contributed by atoms with E-state index in [4.69, 9.17) is 11.6 Å². The van der Waals surface area contributed by atoms with Crippen molar-refractivity contribution in [2.24, 2.45) is 0 Å². The molecule has 1 atom stereocenters. The molecule has 0 heterocycles. The Morgan fingerprint density at radius 3 is 2.58 bits per heavy atom. The van der Waals surface area contributed by atoms with Crippen LogP contribution in [0.15, 0.2) is 18.2 Å². The number of hydrogen-bond acceptors (Lipinski definition) is 2. The molecule has 0 aliphatic rings. The van der Waals surface area contributed by atoms with Crippen LogP contribution < -0.4 is 5.32 Å². The molecule has 1 unspecified atom stereocenters. The van der Waals surface area contributed by atoms with Crippen LogP contribution in [0.3, 0.4) is 0 Å². The number of thioether (sulfide) groups is 1. The fourth-order valence-electron chi connectivity index (χ4n) is 1.78. The molecule has 1 N–H and O–H groups in total. The van der Waals surface area contributed by atoms with E-state index in [2.05, 4.69) is 33.0 Å². The molecule has 1 rings (SSSR count). The van der Waals surface area contributed by atoms with Gasteiger partial charge in [0.2, 0.25) is 0 Å². The maximum absolute atomic E-state index is 13.8. The van der Waals surface area contributed by atoms with Crippen LogP contribution in [0, 0.1) is 5.82 Å². The molecule has 0 saturated heterocycles. The summed E-state index contributed by atoms with van der Waals surface area (Å²) in [6, 6.07) is 5.20. The number of likely N-dealkylation sites (N-methyl/N-ethyl adjacent to an activating group) is 1. The second kappa shape index (κ2) is 7.51. The molecule has 108 valence electrons. The Morgan fingerprint density at radius 2 is 2.05 bits per heavy atom. The molecule has 1 aromatic rings. The summed E-state index contributed by atoms with van der Waals surface area (Å²) < 4.78 is 14.0. The molecule has 4 heteroatoms. The van der Waals surface area contributed by atoms with Gasteiger partial charge in [-0.25, -0.2) is 4.39 Å². The van der Waals surface area contributed by atoms with Crippen molar-refractivity contribution < 1.29 is 4.39 Å². The minimum atomic E-state index is -0.212. The van der Waals surface area contributed by atoms with Gasteiger partial charge >= 0.3 is 0 Å². The lowest BCUT2D eigenvalue weighted by atomic mass is 10.1. The van der Waals surface area contributed by atoms with Crippen molar-refractivity contribution in [3.63, 3.8) is 0 Å². The molecule has 0 radical (unpaired) electrons. The molecule has 0 saturated carbocycles. The summed E-state index contributed by atoms with van der Waals surface area (Å²) in [6.07, 6.45) is 0.694. The first-order valence-electron chi connectivity index (χ1n) is 6.63. The number of nitrogens with one attached hydrogen (secondary N) is 1. The molecular formula is C15H23ClFNS. The average molecular weight is 304 g/mol.